The van der Waals surface area contributed by atoms with E-state index in [9.17, 15) is 9.59 Å². The molecule has 1 heterocycles. The standard InChI is InChI=1S/C14H22N2O2S/c1-13(2,12(15)19)6-5-7-16-10(17)8-9(11(16)18)14(8,3)4/h8-9H,5-7H2,1-4H3,(H2,15,19). The minimum Gasteiger partial charge on any atom is -0.393 e. The summed E-state index contributed by atoms with van der Waals surface area (Å²) in [5, 5.41) is 0. The van der Waals surface area contributed by atoms with Crippen molar-refractivity contribution >= 4 is 29.0 Å². The summed E-state index contributed by atoms with van der Waals surface area (Å²) in [6.07, 6.45) is 1.54. The van der Waals surface area contributed by atoms with Gasteiger partial charge in [0.2, 0.25) is 11.8 Å². The number of thiocarbonyl (C=S) groups is 1. The molecule has 106 valence electrons. The van der Waals surface area contributed by atoms with Crippen LogP contribution in [0.4, 0.5) is 0 Å². The lowest BCUT2D eigenvalue weighted by molar-refractivity contribution is -0.143. The molecule has 1 saturated carbocycles. The Morgan fingerprint density at radius 2 is 1.79 bits per heavy atom. The van der Waals surface area contributed by atoms with Crippen LogP contribution in [0.15, 0.2) is 0 Å². The Morgan fingerprint density at radius 1 is 1.32 bits per heavy atom. The molecule has 0 aromatic rings. The Bertz CT molecular complexity index is 432. The van der Waals surface area contributed by atoms with Crippen LogP contribution in [-0.4, -0.2) is 28.2 Å². The van der Waals surface area contributed by atoms with Gasteiger partial charge in [-0.3, -0.25) is 14.5 Å². The predicted molar refractivity (Wildman–Crippen MR) is 77.3 cm³/mol. The summed E-state index contributed by atoms with van der Waals surface area (Å²) in [5.41, 5.74) is 5.33. The number of hydrogen-bond acceptors (Lipinski definition) is 3. The fraction of sp³-hybridized carbons (Fsp3) is 0.786. The first-order valence-electron chi connectivity index (χ1n) is 6.76. The molecule has 0 spiro atoms. The Kier molecular flexibility index (Phi) is 3.24. The number of amides is 2. The number of rotatable bonds is 5. The Hall–Kier alpha value is -0.970. The average Bonchev–Trinajstić information content (AvgIpc) is 2.74. The molecule has 2 atom stereocenters. The summed E-state index contributed by atoms with van der Waals surface area (Å²) in [6.45, 7) is 8.46. The molecule has 0 radical (unpaired) electrons. The monoisotopic (exact) mass is 282 g/mol. The topological polar surface area (TPSA) is 63.4 Å². The maximum Gasteiger partial charge on any atom is 0.233 e. The largest absolute Gasteiger partial charge is 0.393 e. The summed E-state index contributed by atoms with van der Waals surface area (Å²) < 4.78 is 0. The van der Waals surface area contributed by atoms with E-state index in [0.29, 0.717) is 11.5 Å². The van der Waals surface area contributed by atoms with E-state index in [1.807, 2.05) is 27.7 Å². The molecule has 2 amide bonds. The maximum absolute atomic E-state index is 12.1. The second-order valence-electron chi connectivity index (χ2n) is 6.96. The minimum absolute atomic E-state index is 0.00753. The summed E-state index contributed by atoms with van der Waals surface area (Å²) in [5.74, 6) is -0.145. The quantitative estimate of drug-likeness (QED) is 0.616. The van der Waals surface area contributed by atoms with Gasteiger partial charge in [0, 0.05) is 12.0 Å². The molecular formula is C14H22N2O2S. The van der Waals surface area contributed by atoms with E-state index in [-0.39, 0.29) is 34.5 Å². The number of hydrogen-bond donors (Lipinski definition) is 1. The van der Waals surface area contributed by atoms with Crippen LogP contribution in [-0.2, 0) is 9.59 Å². The number of carbonyl (C=O) groups is 2. The first-order valence-corrected chi connectivity index (χ1v) is 7.16. The van der Waals surface area contributed by atoms with Gasteiger partial charge >= 0.3 is 0 Å². The van der Waals surface area contributed by atoms with Gasteiger partial charge in [0.1, 0.15) is 0 Å². The molecule has 2 rings (SSSR count). The lowest BCUT2D eigenvalue weighted by Gasteiger charge is -2.25. The van der Waals surface area contributed by atoms with Gasteiger partial charge in [0.25, 0.3) is 0 Å². The fourth-order valence-corrected chi connectivity index (χ4v) is 3.13. The van der Waals surface area contributed by atoms with E-state index in [4.69, 9.17) is 18.0 Å². The SMILES string of the molecule is CC(C)(CCCN1C(=O)C2C(C1=O)C2(C)C)C(N)=S. The van der Waals surface area contributed by atoms with E-state index in [2.05, 4.69) is 0 Å². The van der Waals surface area contributed by atoms with Gasteiger partial charge in [0.05, 0.1) is 16.8 Å². The Labute approximate surface area is 119 Å². The lowest BCUT2D eigenvalue weighted by atomic mass is 9.88. The maximum atomic E-state index is 12.1. The first kappa shape index (κ1) is 14.4. The third-order valence-electron chi connectivity index (χ3n) is 4.74. The summed E-state index contributed by atoms with van der Waals surface area (Å²) in [6, 6.07) is 0. The van der Waals surface area contributed by atoms with Crippen molar-refractivity contribution in [3.05, 3.63) is 0 Å². The van der Waals surface area contributed by atoms with Crippen molar-refractivity contribution < 1.29 is 9.59 Å². The Morgan fingerprint density at radius 3 is 2.21 bits per heavy atom. The molecule has 2 aliphatic rings. The zero-order valence-corrected chi connectivity index (χ0v) is 12.8. The van der Waals surface area contributed by atoms with E-state index < -0.39 is 0 Å². The van der Waals surface area contributed by atoms with Crippen molar-refractivity contribution in [2.45, 2.75) is 40.5 Å². The third-order valence-corrected chi connectivity index (χ3v) is 5.29. The van der Waals surface area contributed by atoms with E-state index >= 15 is 0 Å². The summed E-state index contributed by atoms with van der Waals surface area (Å²) in [7, 11) is 0. The van der Waals surface area contributed by atoms with Crippen molar-refractivity contribution in [2.24, 2.45) is 28.4 Å². The summed E-state index contributed by atoms with van der Waals surface area (Å²) >= 11 is 5.01. The number of imide groups is 1. The summed E-state index contributed by atoms with van der Waals surface area (Å²) in [4.78, 5) is 26.1. The van der Waals surface area contributed by atoms with Crippen molar-refractivity contribution in [3.63, 3.8) is 0 Å². The van der Waals surface area contributed by atoms with Gasteiger partial charge < -0.3 is 5.73 Å². The number of likely N-dealkylation sites (tertiary alicyclic amines) is 1. The molecule has 0 aromatic carbocycles. The van der Waals surface area contributed by atoms with Gasteiger partial charge in [-0.05, 0) is 18.3 Å². The fourth-order valence-electron chi connectivity index (χ4n) is 3.03. The first-order chi connectivity index (χ1) is 8.60. The average molecular weight is 282 g/mol. The molecular weight excluding hydrogens is 260 g/mol. The van der Waals surface area contributed by atoms with Crippen LogP contribution >= 0.6 is 12.2 Å². The van der Waals surface area contributed by atoms with E-state index in [0.717, 1.165) is 12.8 Å². The zero-order chi connectivity index (χ0) is 14.6. The molecule has 1 aliphatic heterocycles. The second kappa shape index (κ2) is 4.27. The second-order valence-corrected chi connectivity index (χ2v) is 7.40. The zero-order valence-electron chi connectivity index (χ0n) is 12.0. The molecule has 2 fully saturated rings. The molecule has 0 aromatic heterocycles. The van der Waals surface area contributed by atoms with Crippen LogP contribution in [0.2, 0.25) is 0 Å². The highest BCUT2D eigenvalue weighted by Crippen LogP contribution is 2.63. The van der Waals surface area contributed by atoms with Crippen LogP contribution in [0.25, 0.3) is 0 Å². The van der Waals surface area contributed by atoms with E-state index in [1.165, 1.54) is 4.90 Å². The molecule has 4 nitrogen and oxygen atoms in total. The lowest BCUT2D eigenvalue weighted by Crippen LogP contribution is -2.38. The normalized spacial score (nSPS) is 28.5. The number of carbonyl (C=O) groups excluding carboxylic acids is 2. The molecule has 1 saturated heterocycles. The van der Waals surface area contributed by atoms with Crippen LogP contribution in [0.3, 0.4) is 0 Å². The number of nitrogens with zero attached hydrogens (tertiary/aromatic N) is 1. The highest BCUT2D eigenvalue weighted by molar-refractivity contribution is 7.80. The minimum atomic E-state index is -0.219. The predicted octanol–water partition coefficient (Wildman–Crippen LogP) is 1.72. The number of fused-ring (bicyclic) bond motifs is 1. The van der Waals surface area contributed by atoms with Gasteiger partial charge in [0.15, 0.2) is 0 Å². The van der Waals surface area contributed by atoms with Crippen molar-refractivity contribution in [3.8, 4) is 0 Å². The van der Waals surface area contributed by atoms with Gasteiger partial charge in [-0.2, -0.15) is 0 Å². The highest BCUT2D eigenvalue weighted by atomic mass is 32.1. The van der Waals surface area contributed by atoms with Gasteiger partial charge in [-0.15, -0.1) is 0 Å². The number of piperidine rings is 1. The third kappa shape index (κ3) is 2.18. The molecule has 1 aliphatic carbocycles. The van der Waals surface area contributed by atoms with Crippen molar-refractivity contribution in [1.29, 1.82) is 0 Å². The molecule has 2 N–H and O–H groups in total. The van der Waals surface area contributed by atoms with Crippen LogP contribution in [0.1, 0.15) is 40.5 Å². The molecule has 2 unspecified atom stereocenters. The van der Waals surface area contributed by atoms with Crippen LogP contribution < -0.4 is 5.73 Å². The Balaban J connectivity index is 1.88. The number of nitrogens with two attached hydrogens (primary N) is 1. The molecule has 0 bridgehead atoms. The van der Waals surface area contributed by atoms with Crippen LogP contribution in [0.5, 0.6) is 0 Å². The van der Waals surface area contributed by atoms with Gasteiger partial charge in [-0.25, -0.2) is 0 Å². The molecule has 19 heavy (non-hydrogen) atoms. The smallest absolute Gasteiger partial charge is 0.233 e. The molecule has 5 heteroatoms. The van der Waals surface area contributed by atoms with Crippen LogP contribution in [0, 0.1) is 22.7 Å². The highest BCUT2D eigenvalue weighted by Gasteiger charge is 2.72. The van der Waals surface area contributed by atoms with Crippen molar-refractivity contribution in [1.82, 2.24) is 4.90 Å². The van der Waals surface area contributed by atoms with Gasteiger partial charge in [-0.1, -0.05) is 39.9 Å². The van der Waals surface area contributed by atoms with E-state index in [1.54, 1.807) is 0 Å². The van der Waals surface area contributed by atoms with Crippen molar-refractivity contribution in [2.75, 3.05) is 6.54 Å².